The van der Waals surface area contributed by atoms with Crippen LogP contribution in [0.2, 0.25) is 0 Å². The van der Waals surface area contributed by atoms with Crippen LogP contribution in [0.3, 0.4) is 0 Å². The minimum absolute atomic E-state index is 0.169. The van der Waals surface area contributed by atoms with Crippen LogP contribution in [0.1, 0.15) is 27.2 Å². The van der Waals surface area contributed by atoms with E-state index in [2.05, 4.69) is 22.5 Å². The zero-order valence-electron chi connectivity index (χ0n) is 15.7. The molecule has 1 saturated heterocycles. The molecule has 0 aromatic carbocycles. The monoisotopic (exact) mass is 368 g/mol. The number of hydrogen-bond donors (Lipinski definition) is 3. The third kappa shape index (κ3) is 5.75. The van der Waals surface area contributed by atoms with Crippen LogP contribution in [-0.2, 0) is 19.1 Å². The van der Waals surface area contributed by atoms with Crippen LogP contribution < -0.4 is 16.0 Å². The molecule has 0 aromatic heterocycles. The molecule has 9 heteroatoms. The summed E-state index contributed by atoms with van der Waals surface area (Å²) in [5, 5.41) is 7.97. The van der Waals surface area contributed by atoms with Gasteiger partial charge in [0, 0.05) is 20.0 Å². The summed E-state index contributed by atoms with van der Waals surface area (Å²) in [7, 11) is 1.25. The predicted octanol–water partition coefficient (Wildman–Crippen LogP) is -0.225. The van der Waals surface area contributed by atoms with Crippen molar-refractivity contribution in [3.05, 3.63) is 12.7 Å². The number of ether oxygens (including phenoxy) is 1. The molecule has 9 nitrogen and oxygen atoms in total. The number of hydrogen-bond acceptors (Lipinski definition) is 5. The van der Waals surface area contributed by atoms with Crippen LogP contribution in [0.4, 0.5) is 4.79 Å². The molecule has 0 aromatic rings. The summed E-state index contributed by atoms with van der Waals surface area (Å²) in [5.74, 6) is -1.43. The van der Waals surface area contributed by atoms with Crippen molar-refractivity contribution in [3.63, 3.8) is 0 Å². The van der Waals surface area contributed by atoms with Gasteiger partial charge in [0.25, 0.3) is 0 Å². The molecule has 3 atom stereocenters. The standard InChI is InChI=1S/C17H28N4O5/c1-6-7-18-17(25)19-12-8-13(21(9-12)11(4)22)15(23)20-14(10(2)3)16(24)26-5/h6,10,12-14H,1,7-9H2,2-5H3,(H,20,23)(H2,18,19,25). The molecule has 4 amide bonds. The van der Waals surface area contributed by atoms with Gasteiger partial charge < -0.3 is 25.6 Å². The Hall–Kier alpha value is -2.58. The fourth-order valence-electron chi connectivity index (χ4n) is 2.81. The Morgan fingerprint density at radius 2 is 1.96 bits per heavy atom. The first-order chi connectivity index (χ1) is 12.2. The Balaban J connectivity index is 2.79. The Labute approximate surface area is 153 Å². The summed E-state index contributed by atoms with van der Waals surface area (Å²) in [6.07, 6.45) is 1.81. The topological polar surface area (TPSA) is 117 Å². The number of urea groups is 1. The molecular formula is C17H28N4O5. The van der Waals surface area contributed by atoms with E-state index in [0.29, 0.717) is 6.54 Å². The van der Waals surface area contributed by atoms with Gasteiger partial charge in [-0.25, -0.2) is 9.59 Å². The van der Waals surface area contributed by atoms with E-state index in [4.69, 9.17) is 4.74 Å². The number of carbonyl (C=O) groups excluding carboxylic acids is 4. The first-order valence-electron chi connectivity index (χ1n) is 8.51. The second-order valence-corrected chi connectivity index (χ2v) is 6.52. The van der Waals surface area contributed by atoms with Gasteiger partial charge in [-0.1, -0.05) is 19.9 Å². The molecule has 1 heterocycles. The highest BCUT2D eigenvalue weighted by Crippen LogP contribution is 2.19. The number of likely N-dealkylation sites (tertiary alicyclic amines) is 1. The molecule has 1 aliphatic heterocycles. The minimum atomic E-state index is -0.802. The third-order valence-electron chi connectivity index (χ3n) is 4.17. The van der Waals surface area contributed by atoms with Gasteiger partial charge in [0.05, 0.1) is 13.2 Å². The molecule has 0 aliphatic carbocycles. The molecule has 26 heavy (non-hydrogen) atoms. The number of nitrogens with zero attached hydrogens (tertiary/aromatic N) is 1. The van der Waals surface area contributed by atoms with Crippen molar-refractivity contribution in [2.45, 2.75) is 45.3 Å². The number of esters is 1. The lowest BCUT2D eigenvalue weighted by atomic mass is 10.0. The second-order valence-electron chi connectivity index (χ2n) is 6.52. The summed E-state index contributed by atoms with van der Waals surface area (Å²) in [6, 6.07) is -2.32. The molecule has 146 valence electrons. The van der Waals surface area contributed by atoms with E-state index in [1.165, 1.54) is 18.9 Å². The summed E-state index contributed by atoms with van der Waals surface area (Å²) >= 11 is 0. The number of carbonyl (C=O) groups is 4. The summed E-state index contributed by atoms with van der Waals surface area (Å²) < 4.78 is 4.72. The summed E-state index contributed by atoms with van der Waals surface area (Å²) in [6.45, 7) is 8.98. The normalized spacial score (nSPS) is 20.3. The van der Waals surface area contributed by atoms with Gasteiger partial charge in [-0.05, 0) is 12.3 Å². The van der Waals surface area contributed by atoms with Crippen LogP contribution in [-0.4, -0.2) is 67.0 Å². The molecule has 0 saturated carbocycles. The molecule has 0 radical (unpaired) electrons. The number of rotatable bonds is 7. The van der Waals surface area contributed by atoms with E-state index in [9.17, 15) is 19.2 Å². The lowest BCUT2D eigenvalue weighted by molar-refractivity contribution is -0.147. The molecule has 0 spiro atoms. The maximum absolute atomic E-state index is 12.6. The van der Waals surface area contributed by atoms with Gasteiger partial charge in [0.1, 0.15) is 12.1 Å². The van der Waals surface area contributed by atoms with Crippen LogP contribution in [0.25, 0.3) is 0 Å². The average Bonchev–Trinajstić information content (AvgIpc) is 3.00. The van der Waals surface area contributed by atoms with Crippen molar-refractivity contribution < 1.29 is 23.9 Å². The second kappa shape index (κ2) is 9.79. The lowest BCUT2D eigenvalue weighted by Crippen LogP contribution is -2.52. The van der Waals surface area contributed by atoms with Crippen molar-refractivity contribution in [1.82, 2.24) is 20.9 Å². The van der Waals surface area contributed by atoms with Gasteiger partial charge in [-0.3, -0.25) is 9.59 Å². The zero-order chi connectivity index (χ0) is 19.9. The minimum Gasteiger partial charge on any atom is -0.467 e. The van der Waals surface area contributed by atoms with Gasteiger partial charge in [-0.2, -0.15) is 0 Å². The number of methoxy groups -OCH3 is 1. The van der Waals surface area contributed by atoms with E-state index >= 15 is 0 Å². The van der Waals surface area contributed by atoms with Crippen molar-refractivity contribution >= 4 is 23.8 Å². The molecule has 1 fully saturated rings. The van der Waals surface area contributed by atoms with Crippen LogP contribution in [0.5, 0.6) is 0 Å². The highest BCUT2D eigenvalue weighted by molar-refractivity contribution is 5.91. The highest BCUT2D eigenvalue weighted by Gasteiger charge is 2.40. The Kier molecular flexibility index (Phi) is 8.08. The van der Waals surface area contributed by atoms with Crippen LogP contribution in [0.15, 0.2) is 12.7 Å². The number of nitrogens with one attached hydrogen (secondary N) is 3. The highest BCUT2D eigenvalue weighted by atomic mass is 16.5. The predicted molar refractivity (Wildman–Crippen MR) is 95.1 cm³/mol. The molecule has 1 aliphatic rings. The van der Waals surface area contributed by atoms with E-state index < -0.39 is 30.0 Å². The van der Waals surface area contributed by atoms with Crippen molar-refractivity contribution in [2.24, 2.45) is 5.92 Å². The number of amides is 4. The quantitative estimate of drug-likeness (QED) is 0.424. The fraction of sp³-hybridized carbons (Fsp3) is 0.647. The third-order valence-corrected chi connectivity index (χ3v) is 4.17. The fourth-order valence-corrected chi connectivity index (χ4v) is 2.81. The molecule has 1 rings (SSSR count). The van der Waals surface area contributed by atoms with Crippen LogP contribution in [0, 0.1) is 5.92 Å². The Morgan fingerprint density at radius 1 is 1.31 bits per heavy atom. The van der Waals surface area contributed by atoms with E-state index in [1.54, 1.807) is 19.9 Å². The van der Waals surface area contributed by atoms with Gasteiger partial charge in [-0.15, -0.1) is 6.58 Å². The zero-order valence-corrected chi connectivity index (χ0v) is 15.7. The van der Waals surface area contributed by atoms with E-state index in [0.717, 1.165) is 0 Å². The summed E-state index contributed by atoms with van der Waals surface area (Å²) in [4.78, 5) is 49.5. The van der Waals surface area contributed by atoms with E-state index in [1.807, 2.05) is 0 Å². The average molecular weight is 368 g/mol. The molecular weight excluding hydrogens is 340 g/mol. The lowest BCUT2D eigenvalue weighted by Gasteiger charge is -2.26. The summed E-state index contributed by atoms with van der Waals surface area (Å²) in [5.41, 5.74) is 0. The maximum Gasteiger partial charge on any atom is 0.328 e. The maximum atomic E-state index is 12.6. The first-order valence-corrected chi connectivity index (χ1v) is 8.51. The van der Waals surface area contributed by atoms with Gasteiger partial charge >= 0.3 is 12.0 Å². The van der Waals surface area contributed by atoms with Gasteiger partial charge in [0.2, 0.25) is 11.8 Å². The molecule has 3 unspecified atom stereocenters. The smallest absolute Gasteiger partial charge is 0.328 e. The van der Waals surface area contributed by atoms with Crippen molar-refractivity contribution in [3.8, 4) is 0 Å². The van der Waals surface area contributed by atoms with Gasteiger partial charge in [0.15, 0.2) is 0 Å². The van der Waals surface area contributed by atoms with Crippen LogP contribution >= 0.6 is 0 Å². The van der Waals surface area contributed by atoms with Crippen molar-refractivity contribution in [2.75, 3.05) is 20.2 Å². The Morgan fingerprint density at radius 3 is 2.46 bits per heavy atom. The molecule has 3 N–H and O–H groups in total. The Bertz CT molecular complexity index is 563. The molecule has 0 bridgehead atoms. The van der Waals surface area contributed by atoms with Crippen molar-refractivity contribution in [1.29, 1.82) is 0 Å². The SMILES string of the molecule is C=CCNC(=O)NC1CC(C(=O)NC(C(=O)OC)C(C)C)N(C(C)=O)C1. The first kappa shape index (κ1) is 21.5. The van der Waals surface area contributed by atoms with E-state index in [-0.39, 0.29) is 30.8 Å². The largest absolute Gasteiger partial charge is 0.467 e.